The van der Waals surface area contributed by atoms with Gasteiger partial charge in [-0.15, -0.1) is 0 Å². The molecule has 1 fully saturated rings. The molecule has 126 valence electrons. The van der Waals surface area contributed by atoms with Crippen LogP contribution >= 0.6 is 0 Å². The second kappa shape index (κ2) is 6.61. The summed E-state index contributed by atoms with van der Waals surface area (Å²) >= 11 is 0. The van der Waals surface area contributed by atoms with Crippen molar-refractivity contribution in [3.63, 3.8) is 0 Å². The summed E-state index contributed by atoms with van der Waals surface area (Å²) in [6.07, 6.45) is 0.690. The van der Waals surface area contributed by atoms with E-state index in [0.29, 0.717) is 11.3 Å². The van der Waals surface area contributed by atoms with Gasteiger partial charge in [0.25, 0.3) is 0 Å². The Balaban J connectivity index is 1.61. The molecule has 1 saturated carbocycles. The van der Waals surface area contributed by atoms with Crippen LogP contribution in [0.2, 0.25) is 0 Å². The maximum atomic E-state index is 13.0. The predicted molar refractivity (Wildman–Crippen MR) is 88.3 cm³/mol. The number of nitrogens with one attached hydrogen (secondary N) is 1. The zero-order valence-electron chi connectivity index (χ0n) is 13.5. The normalized spacial score (nSPS) is 16.3. The fourth-order valence-corrected chi connectivity index (χ4v) is 2.84. The van der Waals surface area contributed by atoms with Crippen LogP contribution < -0.4 is 10.1 Å². The van der Waals surface area contributed by atoms with Gasteiger partial charge in [0, 0.05) is 6.54 Å². The number of hydrogen-bond acceptors (Lipinski definition) is 3. The third kappa shape index (κ3) is 3.26. The average molecular weight is 329 g/mol. The van der Waals surface area contributed by atoms with Crippen molar-refractivity contribution in [1.29, 1.82) is 0 Å². The molecule has 2 aromatic carbocycles. The molecule has 1 aliphatic rings. The Morgan fingerprint density at radius 2 is 1.83 bits per heavy atom. The molecule has 1 atom stereocenters. The van der Waals surface area contributed by atoms with Gasteiger partial charge in [-0.25, -0.2) is 4.39 Å². The van der Waals surface area contributed by atoms with Crippen molar-refractivity contribution < 1.29 is 19.0 Å². The lowest BCUT2D eigenvalue weighted by atomic mass is 9.95. The van der Waals surface area contributed by atoms with Gasteiger partial charge in [0.1, 0.15) is 11.6 Å². The van der Waals surface area contributed by atoms with Crippen molar-refractivity contribution in [3.8, 4) is 5.75 Å². The highest BCUT2D eigenvalue weighted by atomic mass is 19.1. The first-order valence-electron chi connectivity index (χ1n) is 7.91. The summed E-state index contributed by atoms with van der Waals surface area (Å²) in [5.41, 5.74) is 0.955. The number of hydrogen-bond donors (Lipinski definition) is 2. The molecule has 1 amide bonds. The molecule has 0 aliphatic heterocycles. The highest BCUT2D eigenvalue weighted by molar-refractivity contribution is 5.91. The van der Waals surface area contributed by atoms with E-state index in [1.54, 1.807) is 43.5 Å². The van der Waals surface area contributed by atoms with Crippen LogP contribution in [0.1, 0.15) is 30.1 Å². The van der Waals surface area contributed by atoms with E-state index in [4.69, 9.17) is 4.74 Å². The fourth-order valence-electron chi connectivity index (χ4n) is 2.84. The number of methoxy groups -OCH3 is 1. The van der Waals surface area contributed by atoms with Gasteiger partial charge in [-0.1, -0.05) is 24.3 Å². The minimum atomic E-state index is -0.788. The second-order valence-corrected chi connectivity index (χ2v) is 6.09. The van der Waals surface area contributed by atoms with Crippen LogP contribution in [0.5, 0.6) is 5.75 Å². The molecule has 0 radical (unpaired) electrons. The maximum Gasteiger partial charge on any atom is 0.230 e. The van der Waals surface area contributed by atoms with Gasteiger partial charge in [-0.2, -0.15) is 0 Å². The number of rotatable bonds is 6. The molecule has 0 spiro atoms. The van der Waals surface area contributed by atoms with Gasteiger partial charge in [0.2, 0.25) is 5.91 Å². The van der Waals surface area contributed by atoms with E-state index in [-0.39, 0.29) is 18.3 Å². The molecule has 0 saturated heterocycles. The summed E-state index contributed by atoms with van der Waals surface area (Å²) in [4.78, 5) is 12.5. The van der Waals surface area contributed by atoms with Crippen molar-refractivity contribution in [3.05, 3.63) is 65.5 Å². The molecule has 4 nitrogen and oxygen atoms in total. The van der Waals surface area contributed by atoms with Crippen LogP contribution in [0.25, 0.3) is 0 Å². The van der Waals surface area contributed by atoms with E-state index in [9.17, 15) is 14.3 Å². The molecule has 5 heteroatoms. The largest absolute Gasteiger partial charge is 0.497 e. The quantitative estimate of drug-likeness (QED) is 0.857. The second-order valence-electron chi connectivity index (χ2n) is 6.09. The van der Waals surface area contributed by atoms with Gasteiger partial charge in [0.05, 0.1) is 18.6 Å². The lowest BCUT2D eigenvalue weighted by Gasteiger charge is -2.18. The molecule has 1 aliphatic carbocycles. The standard InChI is InChI=1S/C19H20FNO3/c1-24-16-8-2-13(3-9-16)17(22)12-21-18(23)19(10-11-19)14-4-6-15(20)7-5-14/h2-9,17,22H,10-12H2,1H3,(H,21,23)/t17-/m1/s1. The van der Waals surface area contributed by atoms with Crippen LogP contribution in [0.15, 0.2) is 48.5 Å². The van der Waals surface area contributed by atoms with Gasteiger partial charge >= 0.3 is 0 Å². The van der Waals surface area contributed by atoms with Gasteiger partial charge in [-0.3, -0.25) is 4.79 Å². The first kappa shape index (κ1) is 16.5. The molecule has 0 bridgehead atoms. The Labute approximate surface area is 140 Å². The van der Waals surface area contributed by atoms with Gasteiger partial charge < -0.3 is 15.2 Å². The lowest BCUT2D eigenvalue weighted by Crippen LogP contribution is -2.37. The molecular formula is C19H20FNO3. The predicted octanol–water partition coefficient (Wildman–Crippen LogP) is 2.72. The van der Waals surface area contributed by atoms with Crippen molar-refractivity contribution in [2.45, 2.75) is 24.4 Å². The van der Waals surface area contributed by atoms with E-state index in [1.807, 2.05) is 0 Å². The zero-order chi connectivity index (χ0) is 17.2. The van der Waals surface area contributed by atoms with E-state index in [2.05, 4.69) is 5.32 Å². The number of aliphatic hydroxyl groups is 1. The molecule has 24 heavy (non-hydrogen) atoms. The summed E-state index contributed by atoms with van der Waals surface area (Å²) in [7, 11) is 1.58. The van der Waals surface area contributed by atoms with E-state index in [0.717, 1.165) is 18.4 Å². The summed E-state index contributed by atoms with van der Waals surface area (Å²) in [6.45, 7) is 0.133. The SMILES string of the molecule is COc1ccc([C@H](O)CNC(=O)C2(c3ccc(F)cc3)CC2)cc1. The first-order valence-corrected chi connectivity index (χ1v) is 7.91. The van der Waals surface area contributed by atoms with Crippen LogP contribution in [-0.2, 0) is 10.2 Å². The highest BCUT2D eigenvalue weighted by Crippen LogP contribution is 2.48. The Morgan fingerprint density at radius 3 is 2.38 bits per heavy atom. The molecule has 0 aromatic heterocycles. The van der Waals surface area contributed by atoms with Crippen molar-refractivity contribution in [2.24, 2.45) is 0 Å². The van der Waals surface area contributed by atoms with E-state index in [1.165, 1.54) is 12.1 Å². The Morgan fingerprint density at radius 1 is 1.21 bits per heavy atom. The van der Waals surface area contributed by atoms with E-state index < -0.39 is 11.5 Å². The number of amides is 1. The highest BCUT2D eigenvalue weighted by Gasteiger charge is 2.51. The molecule has 3 rings (SSSR count). The van der Waals surface area contributed by atoms with Crippen molar-refractivity contribution in [2.75, 3.05) is 13.7 Å². The smallest absolute Gasteiger partial charge is 0.230 e. The van der Waals surface area contributed by atoms with Gasteiger partial charge in [-0.05, 0) is 48.2 Å². The van der Waals surface area contributed by atoms with Crippen molar-refractivity contribution in [1.82, 2.24) is 5.32 Å². The van der Waals surface area contributed by atoms with Crippen molar-refractivity contribution >= 4 is 5.91 Å². The minimum absolute atomic E-state index is 0.123. The number of carbonyl (C=O) groups is 1. The van der Waals surface area contributed by atoms with E-state index >= 15 is 0 Å². The number of ether oxygens (including phenoxy) is 1. The number of benzene rings is 2. The Hall–Kier alpha value is -2.40. The molecule has 0 unspecified atom stereocenters. The molecule has 2 aromatic rings. The van der Waals surface area contributed by atoms with Crippen LogP contribution in [0.3, 0.4) is 0 Å². The average Bonchev–Trinajstić information content (AvgIpc) is 3.42. The number of halogens is 1. The monoisotopic (exact) mass is 329 g/mol. The summed E-state index contributed by atoms with van der Waals surface area (Å²) in [5, 5.41) is 13.0. The Bertz CT molecular complexity index is 708. The van der Waals surface area contributed by atoms with Crippen LogP contribution in [-0.4, -0.2) is 24.7 Å². The number of carbonyl (C=O) groups excluding carboxylic acids is 1. The van der Waals surface area contributed by atoms with Crippen LogP contribution in [0.4, 0.5) is 4.39 Å². The van der Waals surface area contributed by atoms with Gasteiger partial charge in [0.15, 0.2) is 0 Å². The maximum absolute atomic E-state index is 13.0. The third-order valence-electron chi connectivity index (χ3n) is 4.54. The summed E-state index contributed by atoms with van der Waals surface area (Å²) < 4.78 is 18.1. The molecule has 0 heterocycles. The summed E-state index contributed by atoms with van der Waals surface area (Å²) in [6, 6.07) is 13.1. The first-order chi connectivity index (χ1) is 11.5. The minimum Gasteiger partial charge on any atom is -0.497 e. The Kier molecular flexibility index (Phi) is 4.53. The number of aliphatic hydroxyl groups excluding tert-OH is 1. The van der Waals surface area contributed by atoms with Crippen LogP contribution in [0, 0.1) is 5.82 Å². The topological polar surface area (TPSA) is 58.6 Å². The summed E-state index contributed by atoms with van der Waals surface area (Å²) in [5.74, 6) is 0.273. The zero-order valence-corrected chi connectivity index (χ0v) is 13.5. The molecule has 2 N–H and O–H groups in total. The fraction of sp³-hybridized carbons (Fsp3) is 0.316. The lowest BCUT2D eigenvalue weighted by molar-refractivity contribution is -0.124. The molecular weight excluding hydrogens is 309 g/mol. The third-order valence-corrected chi connectivity index (χ3v) is 4.54.